The molecule has 1 saturated heterocycles. The molecule has 29 heavy (non-hydrogen) atoms. The summed E-state index contributed by atoms with van der Waals surface area (Å²) in [4.78, 5) is 27.1. The van der Waals surface area contributed by atoms with Crippen molar-refractivity contribution in [3.8, 4) is 5.75 Å². The van der Waals surface area contributed by atoms with E-state index in [1.54, 1.807) is 25.3 Å². The summed E-state index contributed by atoms with van der Waals surface area (Å²) in [6.07, 6.45) is 0. The van der Waals surface area contributed by atoms with Crippen LogP contribution in [0.5, 0.6) is 5.75 Å². The fourth-order valence-electron chi connectivity index (χ4n) is 3.50. The van der Waals surface area contributed by atoms with Gasteiger partial charge in [0.15, 0.2) is 0 Å². The topological polar surface area (TPSA) is 76.1 Å². The summed E-state index contributed by atoms with van der Waals surface area (Å²) in [7, 11) is 3.09. The highest BCUT2D eigenvalue weighted by Crippen LogP contribution is 2.40. The SMILES string of the molecule is COCCN1C(=O)C(=O)/C(=C(/O)c2ccc(OC)cc2C)[C@H]1c1cccc(Br)c1. The van der Waals surface area contributed by atoms with Gasteiger partial charge in [-0.25, -0.2) is 0 Å². The molecule has 1 heterocycles. The molecule has 2 aromatic carbocycles. The zero-order chi connectivity index (χ0) is 21.1. The first-order valence-corrected chi connectivity index (χ1v) is 9.86. The molecule has 1 aliphatic rings. The van der Waals surface area contributed by atoms with E-state index in [1.165, 1.54) is 12.0 Å². The molecule has 7 heteroatoms. The number of hydrogen-bond acceptors (Lipinski definition) is 5. The second-order valence-corrected chi connectivity index (χ2v) is 7.64. The van der Waals surface area contributed by atoms with Crippen molar-refractivity contribution in [3.05, 3.63) is 69.2 Å². The van der Waals surface area contributed by atoms with E-state index in [2.05, 4.69) is 15.9 Å². The van der Waals surface area contributed by atoms with Gasteiger partial charge in [-0.15, -0.1) is 0 Å². The maximum Gasteiger partial charge on any atom is 0.295 e. The van der Waals surface area contributed by atoms with Crippen LogP contribution >= 0.6 is 15.9 Å². The summed E-state index contributed by atoms with van der Waals surface area (Å²) in [6, 6.07) is 11.8. The van der Waals surface area contributed by atoms with E-state index < -0.39 is 17.7 Å². The number of ether oxygens (including phenoxy) is 2. The standard InChI is InChI=1S/C22H22BrNO5/c1-13-11-16(29-3)7-8-17(13)20(25)18-19(14-5-4-6-15(23)12-14)24(9-10-28-2)22(27)21(18)26/h4-8,11-12,19,25H,9-10H2,1-3H3/b20-18+/t19-/m1/s1. The van der Waals surface area contributed by atoms with Gasteiger partial charge >= 0.3 is 0 Å². The first-order valence-electron chi connectivity index (χ1n) is 9.06. The number of carbonyl (C=O) groups excluding carboxylic acids is 2. The predicted octanol–water partition coefficient (Wildman–Crippen LogP) is 3.83. The fraction of sp³-hybridized carbons (Fsp3) is 0.273. The Morgan fingerprint density at radius 3 is 2.55 bits per heavy atom. The Hall–Kier alpha value is -2.64. The Morgan fingerprint density at radius 1 is 1.17 bits per heavy atom. The highest BCUT2D eigenvalue weighted by atomic mass is 79.9. The maximum absolute atomic E-state index is 12.9. The first-order chi connectivity index (χ1) is 13.9. The summed E-state index contributed by atoms with van der Waals surface area (Å²) in [5.74, 6) is -0.921. The van der Waals surface area contributed by atoms with Crippen molar-refractivity contribution < 1.29 is 24.2 Å². The molecule has 0 unspecified atom stereocenters. The molecule has 152 valence electrons. The van der Waals surface area contributed by atoms with E-state index in [0.717, 1.165) is 15.6 Å². The number of amides is 1. The van der Waals surface area contributed by atoms with Crippen molar-refractivity contribution in [1.82, 2.24) is 4.90 Å². The van der Waals surface area contributed by atoms with Gasteiger partial charge in [-0.3, -0.25) is 9.59 Å². The average Bonchev–Trinajstić information content (AvgIpc) is 2.96. The molecule has 1 N–H and O–H groups in total. The molecule has 6 nitrogen and oxygen atoms in total. The molecule has 2 aromatic rings. The molecule has 0 saturated carbocycles. The lowest BCUT2D eigenvalue weighted by atomic mass is 9.94. The van der Waals surface area contributed by atoms with Crippen LogP contribution in [0.2, 0.25) is 0 Å². The molecular weight excluding hydrogens is 438 g/mol. The van der Waals surface area contributed by atoms with Crippen molar-refractivity contribution in [1.29, 1.82) is 0 Å². The van der Waals surface area contributed by atoms with Crippen LogP contribution in [-0.2, 0) is 14.3 Å². The van der Waals surface area contributed by atoms with Crippen molar-refractivity contribution >= 4 is 33.4 Å². The number of benzene rings is 2. The zero-order valence-electron chi connectivity index (χ0n) is 16.4. The maximum atomic E-state index is 12.9. The van der Waals surface area contributed by atoms with Crippen molar-refractivity contribution in [2.24, 2.45) is 0 Å². The second-order valence-electron chi connectivity index (χ2n) is 6.72. The van der Waals surface area contributed by atoms with Gasteiger partial charge in [0.2, 0.25) is 0 Å². The first kappa shape index (κ1) is 21.1. The number of ketones is 1. The van der Waals surface area contributed by atoms with Gasteiger partial charge in [-0.05, 0) is 48.4 Å². The molecular formula is C22H22BrNO5. The van der Waals surface area contributed by atoms with Crippen LogP contribution < -0.4 is 4.74 Å². The van der Waals surface area contributed by atoms with Crippen molar-refractivity contribution in [2.45, 2.75) is 13.0 Å². The van der Waals surface area contributed by atoms with Gasteiger partial charge in [-0.2, -0.15) is 0 Å². The summed E-state index contributed by atoms with van der Waals surface area (Å²) >= 11 is 3.44. The van der Waals surface area contributed by atoms with E-state index >= 15 is 0 Å². The summed E-state index contributed by atoms with van der Waals surface area (Å²) in [5, 5.41) is 11.1. The zero-order valence-corrected chi connectivity index (χ0v) is 18.0. The lowest BCUT2D eigenvalue weighted by Crippen LogP contribution is -2.32. The van der Waals surface area contributed by atoms with E-state index in [9.17, 15) is 14.7 Å². The average molecular weight is 460 g/mol. The highest BCUT2D eigenvalue weighted by molar-refractivity contribution is 9.10. The Labute approximate surface area is 177 Å². The molecule has 0 bridgehead atoms. The lowest BCUT2D eigenvalue weighted by Gasteiger charge is -2.25. The minimum Gasteiger partial charge on any atom is -0.507 e. The number of nitrogens with zero attached hydrogens (tertiary/aromatic N) is 1. The van der Waals surface area contributed by atoms with Crippen LogP contribution in [0.3, 0.4) is 0 Å². The monoisotopic (exact) mass is 459 g/mol. The molecule has 1 amide bonds. The third-order valence-electron chi connectivity index (χ3n) is 4.93. The molecule has 3 rings (SSSR count). The molecule has 0 radical (unpaired) electrons. The van der Waals surface area contributed by atoms with Crippen LogP contribution in [0.15, 0.2) is 52.5 Å². The fourth-order valence-corrected chi connectivity index (χ4v) is 3.91. The molecule has 0 spiro atoms. The minimum atomic E-state index is -0.709. The normalized spacial score (nSPS) is 18.3. The molecule has 0 aliphatic carbocycles. The number of likely N-dealkylation sites (tertiary alicyclic amines) is 1. The number of aryl methyl sites for hydroxylation is 1. The van der Waals surface area contributed by atoms with Crippen molar-refractivity contribution in [3.63, 3.8) is 0 Å². The van der Waals surface area contributed by atoms with Crippen LogP contribution in [0.4, 0.5) is 0 Å². The summed E-state index contributed by atoms with van der Waals surface area (Å²) in [5.41, 5.74) is 2.01. The van der Waals surface area contributed by atoms with Crippen LogP contribution in [0, 0.1) is 6.92 Å². The van der Waals surface area contributed by atoms with Gasteiger partial charge < -0.3 is 19.5 Å². The Balaban J connectivity index is 2.19. The van der Waals surface area contributed by atoms with Crippen LogP contribution in [0.25, 0.3) is 5.76 Å². The third kappa shape index (κ3) is 4.06. The molecule has 0 aromatic heterocycles. The summed E-state index contributed by atoms with van der Waals surface area (Å²) < 4.78 is 11.1. The largest absolute Gasteiger partial charge is 0.507 e. The molecule has 1 fully saturated rings. The van der Waals surface area contributed by atoms with Crippen LogP contribution in [0.1, 0.15) is 22.7 Å². The van der Waals surface area contributed by atoms with Gasteiger partial charge in [0.25, 0.3) is 11.7 Å². The lowest BCUT2D eigenvalue weighted by molar-refractivity contribution is -0.140. The Bertz CT molecular complexity index is 985. The highest BCUT2D eigenvalue weighted by Gasteiger charge is 2.46. The third-order valence-corrected chi connectivity index (χ3v) is 5.42. The number of carbonyl (C=O) groups is 2. The Morgan fingerprint density at radius 2 is 1.93 bits per heavy atom. The predicted molar refractivity (Wildman–Crippen MR) is 113 cm³/mol. The van der Waals surface area contributed by atoms with Crippen LogP contribution in [-0.4, -0.2) is 49.1 Å². The van der Waals surface area contributed by atoms with E-state index in [-0.39, 0.29) is 24.5 Å². The van der Waals surface area contributed by atoms with E-state index in [4.69, 9.17) is 9.47 Å². The van der Waals surface area contributed by atoms with Gasteiger partial charge in [0, 0.05) is 23.7 Å². The number of aliphatic hydroxyl groups is 1. The quantitative estimate of drug-likeness (QED) is 0.403. The minimum absolute atomic E-state index is 0.0671. The number of halogens is 1. The number of hydrogen-bond donors (Lipinski definition) is 1. The molecule has 1 aliphatic heterocycles. The number of Topliss-reactive ketones (excluding diaryl/α,β-unsaturated/α-hetero) is 1. The van der Waals surface area contributed by atoms with Gasteiger partial charge in [0.1, 0.15) is 11.5 Å². The van der Waals surface area contributed by atoms with Gasteiger partial charge in [-0.1, -0.05) is 28.1 Å². The Kier molecular flexibility index (Phi) is 6.39. The smallest absolute Gasteiger partial charge is 0.295 e. The number of methoxy groups -OCH3 is 2. The summed E-state index contributed by atoms with van der Waals surface area (Å²) in [6.45, 7) is 2.32. The van der Waals surface area contributed by atoms with Gasteiger partial charge in [0.05, 0.1) is 25.3 Å². The van der Waals surface area contributed by atoms with E-state index in [1.807, 2.05) is 31.2 Å². The molecule has 1 atom stereocenters. The van der Waals surface area contributed by atoms with E-state index in [0.29, 0.717) is 11.3 Å². The second kappa shape index (κ2) is 8.80. The number of rotatable bonds is 6. The van der Waals surface area contributed by atoms with Crippen molar-refractivity contribution in [2.75, 3.05) is 27.4 Å². The number of aliphatic hydroxyl groups excluding tert-OH is 1.